The van der Waals surface area contributed by atoms with E-state index in [1.807, 2.05) is 0 Å². The second-order valence-corrected chi connectivity index (χ2v) is 2.81. The minimum atomic E-state index is -1.05. The van der Waals surface area contributed by atoms with Gasteiger partial charge in [-0.05, 0) is 6.07 Å². The molecule has 2 N–H and O–H groups in total. The van der Waals surface area contributed by atoms with Crippen molar-refractivity contribution in [3.8, 4) is 0 Å². The summed E-state index contributed by atoms with van der Waals surface area (Å²) in [5, 5.41) is 10.6. The van der Waals surface area contributed by atoms with Crippen LogP contribution in [0.5, 0.6) is 0 Å². The molecule has 1 aromatic rings. The van der Waals surface area contributed by atoms with Crippen LogP contribution in [-0.4, -0.2) is 23.9 Å². The number of hydrogen-bond acceptors (Lipinski definition) is 5. The maximum Gasteiger partial charge on any atom is 0.338 e. The summed E-state index contributed by atoms with van der Waals surface area (Å²) in [5.74, 6) is -1.90. The van der Waals surface area contributed by atoms with Crippen LogP contribution in [0, 0.1) is 10.1 Å². The van der Waals surface area contributed by atoms with E-state index in [-0.39, 0.29) is 5.56 Å². The van der Waals surface area contributed by atoms with Crippen LogP contribution >= 0.6 is 0 Å². The van der Waals surface area contributed by atoms with Crippen molar-refractivity contribution in [3.05, 3.63) is 39.4 Å². The second-order valence-electron chi connectivity index (χ2n) is 2.81. The number of nitro benzene ring substituents is 1. The standard InChI is InChI=1S/C9H8N2O5/c1-16-9(13)5-3-2-4-6(11(14)15)7(5)8(10)12/h2-4H,1H3,(H2,10,12). The third kappa shape index (κ3) is 1.97. The summed E-state index contributed by atoms with van der Waals surface area (Å²) >= 11 is 0. The van der Waals surface area contributed by atoms with Gasteiger partial charge >= 0.3 is 5.97 Å². The van der Waals surface area contributed by atoms with Gasteiger partial charge in [-0.15, -0.1) is 0 Å². The van der Waals surface area contributed by atoms with E-state index in [0.717, 1.165) is 13.2 Å². The first-order chi connectivity index (χ1) is 7.49. The molecule has 0 heterocycles. The largest absolute Gasteiger partial charge is 0.465 e. The number of rotatable bonds is 3. The molecule has 0 spiro atoms. The predicted molar refractivity (Wildman–Crippen MR) is 53.0 cm³/mol. The first-order valence-corrected chi connectivity index (χ1v) is 4.14. The highest BCUT2D eigenvalue weighted by Gasteiger charge is 2.25. The summed E-state index contributed by atoms with van der Waals surface area (Å²) in [6.45, 7) is 0. The minimum Gasteiger partial charge on any atom is -0.465 e. The second kappa shape index (κ2) is 4.39. The van der Waals surface area contributed by atoms with Gasteiger partial charge in [-0.25, -0.2) is 4.79 Å². The summed E-state index contributed by atoms with van der Waals surface area (Å²) in [7, 11) is 1.10. The van der Waals surface area contributed by atoms with Crippen molar-refractivity contribution >= 4 is 17.6 Å². The number of benzene rings is 1. The van der Waals surface area contributed by atoms with Crippen LogP contribution in [0.1, 0.15) is 20.7 Å². The lowest BCUT2D eigenvalue weighted by atomic mass is 10.1. The molecule has 84 valence electrons. The van der Waals surface area contributed by atoms with Crippen molar-refractivity contribution < 1.29 is 19.2 Å². The van der Waals surface area contributed by atoms with Crippen molar-refractivity contribution in [2.24, 2.45) is 5.73 Å². The van der Waals surface area contributed by atoms with Crippen molar-refractivity contribution in [3.63, 3.8) is 0 Å². The molecule has 0 aliphatic carbocycles. The molecule has 0 saturated heterocycles. The van der Waals surface area contributed by atoms with Crippen molar-refractivity contribution in [1.29, 1.82) is 0 Å². The Labute approximate surface area is 90.0 Å². The van der Waals surface area contributed by atoms with Crippen molar-refractivity contribution in [2.45, 2.75) is 0 Å². The van der Waals surface area contributed by atoms with Crippen LogP contribution in [-0.2, 0) is 4.74 Å². The number of hydrogen-bond donors (Lipinski definition) is 1. The Morgan fingerprint density at radius 3 is 2.50 bits per heavy atom. The van der Waals surface area contributed by atoms with E-state index >= 15 is 0 Å². The minimum absolute atomic E-state index is 0.218. The van der Waals surface area contributed by atoms with Crippen molar-refractivity contribution in [1.82, 2.24) is 0 Å². The quantitative estimate of drug-likeness (QED) is 0.455. The van der Waals surface area contributed by atoms with Crippen LogP contribution in [0.2, 0.25) is 0 Å². The van der Waals surface area contributed by atoms with Gasteiger partial charge in [-0.1, -0.05) is 6.07 Å². The van der Waals surface area contributed by atoms with Crippen LogP contribution in [0.3, 0.4) is 0 Å². The molecule has 0 unspecified atom stereocenters. The molecule has 0 radical (unpaired) electrons. The first kappa shape index (κ1) is 11.6. The molecule has 1 rings (SSSR count). The number of amides is 1. The van der Waals surface area contributed by atoms with Gasteiger partial charge in [-0.3, -0.25) is 14.9 Å². The van der Waals surface area contributed by atoms with Crippen LogP contribution in [0.15, 0.2) is 18.2 Å². The van der Waals surface area contributed by atoms with Gasteiger partial charge in [0, 0.05) is 6.07 Å². The maximum atomic E-state index is 11.3. The van der Waals surface area contributed by atoms with Gasteiger partial charge in [0.15, 0.2) is 0 Å². The Hall–Kier alpha value is -2.44. The highest BCUT2D eigenvalue weighted by Crippen LogP contribution is 2.22. The Kier molecular flexibility index (Phi) is 3.19. The molecule has 0 atom stereocenters. The van der Waals surface area contributed by atoms with Gasteiger partial charge in [0.1, 0.15) is 5.56 Å². The molecule has 0 aliphatic heterocycles. The fraction of sp³-hybridized carbons (Fsp3) is 0.111. The Morgan fingerprint density at radius 1 is 1.44 bits per heavy atom. The maximum absolute atomic E-state index is 11.3. The monoisotopic (exact) mass is 224 g/mol. The lowest BCUT2D eigenvalue weighted by molar-refractivity contribution is -0.385. The lowest BCUT2D eigenvalue weighted by Gasteiger charge is -2.04. The zero-order valence-corrected chi connectivity index (χ0v) is 8.30. The third-order valence-electron chi connectivity index (χ3n) is 1.89. The smallest absolute Gasteiger partial charge is 0.338 e. The molecule has 0 aromatic heterocycles. The van der Waals surface area contributed by atoms with E-state index in [1.54, 1.807) is 0 Å². The topological polar surface area (TPSA) is 113 Å². The van der Waals surface area contributed by atoms with Gasteiger partial charge in [0.2, 0.25) is 0 Å². The highest BCUT2D eigenvalue weighted by molar-refractivity contribution is 6.07. The Bertz CT molecular complexity index is 469. The lowest BCUT2D eigenvalue weighted by Crippen LogP contribution is -2.19. The Morgan fingerprint density at radius 2 is 2.06 bits per heavy atom. The first-order valence-electron chi connectivity index (χ1n) is 4.14. The normalized spacial score (nSPS) is 9.56. The Balaban J connectivity index is 3.51. The zero-order chi connectivity index (χ0) is 12.3. The molecular formula is C9H8N2O5. The molecule has 0 aliphatic rings. The number of nitro groups is 1. The molecule has 7 heteroatoms. The predicted octanol–water partition coefficient (Wildman–Crippen LogP) is 0.480. The third-order valence-corrected chi connectivity index (χ3v) is 1.89. The van der Waals surface area contributed by atoms with Gasteiger partial charge in [0.05, 0.1) is 17.6 Å². The molecule has 0 saturated carbocycles. The molecule has 16 heavy (non-hydrogen) atoms. The number of carbonyl (C=O) groups is 2. The van der Waals surface area contributed by atoms with E-state index in [2.05, 4.69) is 4.74 Å². The molecule has 0 bridgehead atoms. The van der Waals surface area contributed by atoms with E-state index in [1.165, 1.54) is 12.1 Å². The molecule has 1 amide bonds. The molecule has 7 nitrogen and oxygen atoms in total. The van der Waals surface area contributed by atoms with E-state index < -0.39 is 28.1 Å². The number of primary amides is 1. The number of carbonyl (C=O) groups excluding carboxylic acids is 2. The van der Waals surface area contributed by atoms with Gasteiger partial charge < -0.3 is 10.5 Å². The number of esters is 1. The average molecular weight is 224 g/mol. The summed E-state index contributed by atoms with van der Waals surface area (Å²) in [5.41, 5.74) is 3.81. The van der Waals surface area contributed by atoms with Crippen molar-refractivity contribution in [2.75, 3.05) is 7.11 Å². The fourth-order valence-electron chi connectivity index (χ4n) is 1.23. The average Bonchev–Trinajstić information content (AvgIpc) is 2.26. The summed E-state index contributed by atoms with van der Waals surface area (Å²) < 4.78 is 4.39. The molecule has 1 aromatic carbocycles. The van der Waals surface area contributed by atoms with E-state index in [4.69, 9.17) is 5.73 Å². The van der Waals surface area contributed by atoms with E-state index in [0.29, 0.717) is 0 Å². The number of nitrogens with two attached hydrogens (primary N) is 1. The van der Waals surface area contributed by atoms with Crippen LogP contribution in [0.4, 0.5) is 5.69 Å². The summed E-state index contributed by atoms with van der Waals surface area (Å²) in [6.07, 6.45) is 0. The number of ether oxygens (including phenoxy) is 1. The highest BCUT2D eigenvalue weighted by atomic mass is 16.6. The van der Waals surface area contributed by atoms with Crippen LogP contribution in [0.25, 0.3) is 0 Å². The zero-order valence-electron chi connectivity index (χ0n) is 8.30. The SMILES string of the molecule is COC(=O)c1cccc([N+](=O)[O-])c1C(N)=O. The van der Waals surface area contributed by atoms with Crippen LogP contribution < -0.4 is 5.73 Å². The summed E-state index contributed by atoms with van der Waals surface area (Å²) in [6, 6.07) is 3.60. The number of nitrogens with zero attached hydrogens (tertiary/aromatic N) is 1. The van der Waals surface area contributed by atoms with Gasteiger partial charge in [0.25, 0.3) is 11.6 Å². The fourth-order valence-corrected chi connectivity index (χ4v) is 1.23. The summed E-state index contributed by atoms with van der Waals surface area (Å²) in [4.78, 5) is 32.2. The number of methoxy groups -OCH3 is 1. The van der Waals surface area contributed by atoms with E-state index in [9.17, 15) is 19.7 Å². The molecular weight excluding hydrogens is 216 g/mol. The molecule has 0 fully saturated rings. The van der Waals surface area contributed by atoms with Gasteiger partial charge in [-0.2, -0.15) is 0 Å².